The van der Waals surface area contributed by atoms with Gasteiger partial charge in [0.2, 0.25) is 0 Å². The molecule has 1 aromatic carbocycles. The zero-order chi connectivity index (χ0) is 25.7. The Hall–Kier alpha value is -3.25. The summed E-state index contributed by atoms with van der Waals surface area (Å²) in [6, 6.07) is 7.31. The molecule has 1 aromatic heterocycles. The fourth-order valence-electron chi connectivity index (χ4n) is 3.58. The third kappa shape index (κ3) is 6.89. The molecule has 1 aliphatic rings. The molecule has 1 fully saturated rings. The number of nitrogens with zero attached hydrogens (tertiary/aromatic N) is 2. The van der Waals surface area contributed by atoms with E-state index in [2.05, 4.69) is 9.97 Å². The number of hydrogen-bond donors (Lipinski definition) is 0. The molecule has 1 aliphatic heterocycles. The van der Waals surface area contributed by atoms with Crippen LogP contribution in [0.2, 0.25) is 0 Å². The Labute approximate surface area is 205 Å². The molecule has 0 amide bonds. The van der Waals surface area contributed by atoms with Crippen molar-refractivity contribution in [3.05, 3.63) is 30.0 Å². The Bertz CT molecular complexity index is 1130. The number of para-hydroxylation sites is 2. The average molecular weight is 507 g/mol. The molecule has 0 unspecified atom stereocenters. The van der Waals surface area contributed by atoms with E-state index in [9.17, 15) is 19.2 Å². The van der Waals surface area contributed by atoms with Gasteiger partial charge in [-0.25, -0.2) is 9.97 Å². The van der Waals surface area contributed by atoms with Gasteiger partial charge < -0.3 is 23.7 Å². The quantitative estimate of drug-likeness (QED) is 0.401. The molecule has 0 radical (unpaired) electrons. The minimum atomic E-state index is -1.24. The van der Waals surface area contributed by atoms with Gasteiger partial charge in [0.25, 0.3) is 0 Å². The molecule has 0 saturated carbocycles. The van der Waals surface area contributed by atoms with Crippen LogP contribution in [0.3, 0.4) is 0 Å². The number of thioether (sulfide) groups is 1. The zero-order valence-corrected chi connectivity index (χ0v) is 20.7. The Balaban J connectivity index is 2.03. The fourth-order valence-corrected chi connectivity index (χ4v) is 4.71. The molecule has 11 nitrogen and oxygen atoms in total. The minimum Gasteiger partial charge on any atom is -0.463 e. The van der Waals surface area contributed by atoms with Gasteiger partial charge in [-0.05, 0) is 19.1 Å². The lowest BCUT2D eigenvalue weighted by Gasteiger charge is -2.44. The van der Waals surface area contributed by atoms with Gasteiger partial charge >= 0.3 is 23.9 Å². The molecule has 3 rings (SSSR count). The molecular formula is C23H26N2O9S. The lowest BCUT2D eigenvalue weighted by atomic mass is 9.99. The van der Waals surface area contributed by atoms with Gasteiger partial charge in [0.05, 0.1) is 16.7 Å². The van der Waals surface area contributed by atoms with E-state index in [4.69, 9.17) is 23.7 Å². The Morgan fingerprint density at radius 1 is 0.829 bits per heavy atom. The number of ether oxygens (including phenoxy) is 5. The highest BCUT2D eigenvalue weighted by molar-refractivity contribution is 7.99. The van der Waals surface area contributed by atoms with Crippen molar-refractivity contribution in [3.63, 3.8) is 0 Å². The topological polar surface area (TPSA) is 140 Å². The summed E-state index contributed by atoms with van der Waals surface area (Å²) in [5.41, 5.74) is 0.980. The molecule has 188 valence electrons. The molecule has 0 N–H and O–H groups in total. The summed E-state index contributed by atoms with van der Waals surface area (Å²) in [5.74, 6) is -2.63. The van der Waals surface area contributed by atoms with Crippen LogP contribution in [-0.2, 0) is 42.9 Å². The first-order chi connectivity index (χ1) is 16.5. The standard InChI is InChI=1S/C23H26N2O9S/c1-11-22(25-17-9-7-6-8-16(17)24-11)35-23-21(33-15(5)29)20(32-14(4)28)19(31-13(3)27)18(34-23)10-30-12(2)26/h6-9,18-21,23H,10H2,1-5H3/t18-,19-,20+,21-,23+/m1/s1. The third-order valence-corrected chi connectivity index (χ3v) is 6.10. The Kier molecular flexibility index (Phi) is 8.62. The SMILES string of the molecule is CC(=O)OC[C@H]1O[C@@H](Sc2nc3ccccc3nc2C)[C@H](OC(C)=O)[C@@H](OC(C)=O)[C@@H]1OC(C)=O. The highest BCUT2D eigenvalue weighted by atomic mass is 32.2. The highest BCUT2D eigenvalue weighted by Gasteiger charge is 2.52. The van der Waals surface area contributed by atoms with Crippen LogP contribution in [0.5, 0.6) is 0 Å². The normalized spacial score (nSPS) is 23.9. The van der Waals surface area contributed by atoms with Gasteiger partial charge in [-0.2, -0.15) is 0 Å². The monoisotopic (exact) mass is 506 g/mol. The summed E-state index contributed by atoms with van der Waals surface area (Å²) < 4.78 is 27.6. The predicted molar refractivity (Wildman–Crippen MR) is 122 cm³/mol. The second-order valence-corrected chi connectivity index (χ2v) is 8.88. The first kappa shape index (κ1) is 26.4. The van der Waals surface area contributed by atoms with Gasteiger partial charge in [0, 0.05) is 27.7 Å². The molecule has 2 heterocycles. The van der Waals surface area contributed by atoms with Crippen molar-refractivity contribution in [1.29, 1.82) is 0 Å². The van der Waals surface area contributed by atoms with E-state index < -0.39 is 53.7 Å². The number of carbonyl (C=O) groups excluding carboxylic acids is 4. The van der Waals surface area contributed by atoms with Crippen molar-refractivity contribution in [1.82, 2.24) is 9.97 Å². The van der Waals surface area contributed by atoms with E-state index in [0.717, 1.165) is 11.8 Å². The van der Waals surface area contributed by atoms with E-state index in [1.807, 2.05) is 18.2 Å². The van der Waals surface area contributed by atoms with Crippen molar-refractivity contribution in [3.8, 4) is 0 Å². The zero-order valence-electron chi connectivity index (χ0n) is 19.9. The number of aryl methyl sites for hydroxylation is 1. The first-order valence-corrected chi connectivity index (χ1v) is 11.6. The number of esters is 4. The van der Waals surface area contributed by atoms with Gasteiger partial charge in [0.15, 0.2) is 23.7 Å². The largest absolute Gasteiger partial charge is 0.463 e. The van der Waals surface area contributed by atoms with Crippen molar-refractivity contribution in [2.24, 2.45) is 0 Å². The van der Waals surface area contributed by atoms with E-state index in [1.54, 1.807) is 13.0 Å². The minimum absolute atomic E-state index is 0.294. The molecule has 0 spiro atoms. The number of rotatable bonds is 7. The van der Waals surface area contributed by atoms with Crippen LogP contribution >= 0.6 is 11.8 Å². The lowest BCUT2D eigenvalue weighted by molar-refractivity contribution is -0.237. The Morgan fingerprint density at radius 2 is 1.37 bits per heavy atom. The highest BCUT2D eigenvalue weighted by Crippen LogP contribution is 2.38. The number of fused-ring (bicyclic) bond motifs is 1. The van der Waals surface area contributed by atoms with E-state index >= 15 is 0 Å². The molecular weight excluding hydrogens is 480 g/mol. The molecule has 1 saturated heterocycles. The number of benzene rings is 1. The van der Waals surface area contributed by atoms with Crippen LogP contribution in [0.4, 0.5) is 0 Å². The fraction of sp³-hybridized carbons (Fsp3) is 0.478. The Morgan fingerprint density at radius 3 is 1.94 bits per heavy atom. The van der Waals surface area contributed by atoms with Crippen LogP contribution in [0.25, 0.3) is 11.0 Å². The average Bonchev–Trinajstić information content (AvgIpc) is 2.76. The second-order valence-electron chi connectivity index (χ2n) is 7.79. The smallest absolute Gasteiger partial charge is 0.303 e. The summed E-state index contributed by atoms with van der Waals surface area (Å²) >= 11 is 1.10. The van der Waals surface area contributed by atoms with E-state index in [1.165, 1.54) is 27.7 Å². The van der Waals surface area contributed by atoms with Crippen LogP contribution < -0.4 is 0 Å². The van der Waals surface area contributed by atoms with Crippen molar-refractivity contribution in [2.75, 3.05) is 6.61 Å². The summed E-state index contributed by atoms with van der Waals surface area (Å²) in [6.45, 7) is 6.23. The van der Waals surface area contributed by atoms with Gasteiger partial charge in [-0.3, -0.25) is 19.2 Å². The molecule has 0 aliphatic carbocycles. The maximum Gasteiger partial charge on any atom is 0.303 e. The summed E-state index contributed by atoms with van der Waals surface area (Å²) in [4.78, 5) is 56.4. The van der Waals surface area contributed by atoms with E-state index in [0.29, 0.717) is 21.8 Å². The van der Waals surface area contributed by atoms with Crippen LogP contribution in [0.1, 0.15) is 33.4 Å². The van der Waals surface area contributed by atoms with E-state index in [-0.39, 0.29) is 6.61 Å². The number of hydrogen-bond acceptors (Lipinski definition) is 12. The third-order valence-electron chi connectivity index (χ3n) is 4.88. The lowest BCUT2D eigenvalue weighted by Crippen LogP contribution is -2.61. The van der Waals surface area contributed by atoms with Crippen molar-refractivity contribution in [2.45, 2.75) is 69.5 Å². The number of aromatic nitrogens is 2. The molecule has 35 heavy (non-hydrogen) atoms. The first-order valence-electron chi connectivity index (χ1n) is 10.8. The second kappa shape index (κ2) is 11.5. The summed E-state index contributed by atoms with van der Waals surface area (Å²) in [6.07, 6.45) is -4.64. The molecule has 2 aromatic rings. The summed E-state index contributed by atoms with van der Waals surface area (Å²) in [7, 11) is 0. The van der Waals surface area contributed by atoms with Crippen molar-refractivity contribution < 1.29 is 42.9 Å². The van der Waals surface area contributed by atoms with Crippen LogP contribution in [-0.4, -0.2) is 70.3 Å². The maximum absolute atomic E-state index is 12.0. The van der Waals surface area contributed by atoms with Gasteiger partial charge in [-0.15, -0.1) is 0 Å². The van der Waals surface area contributed by atoms with Crippen molar-refractivity contribution >= 4 is 46.7 Å². The van der Waals surface area contributed by atoms with Crippen LogP contribution in [0, 0.1) is 6.92 Å². The van der Waals surface area contributed by atoms with Gasteiger partial charge in [-0.1, -0.05) is 23.9 Å². The molecule has 5 atom stereocenters. The number of carbonyl (C=O) groups is 4. The van der Waals surface area contributed by atoms with Gasteiger partial charge in [0.1, 0.15) is 17.7 Å². The molecule has 12 heteroatoms. The summed E-state index contributed by atoms with van der Waals surface area (Å²) in [5, 5.41) is 0.490. The molecule has 0 bridgehead atoms. The predicted octanol–water partition coefficient (Wildman–Crippen LogP) is 2.11. The van der Waals surface area contributed by atoms with Crippen LogP contribution in [0.15, 0.2) is 29.3 Å². The maximum atomic E-state index is 12.0.